The van der Waals surface area contributed by atoms with Gasteiger partial charge in [-0.3, -0.25) is 4.90 Å². The molecule has 0 spiro atoms. The van der Waals surface area contributed by atoms with Gasteiger partial charge in [0.2, 0.25) is 0 Å². The normalized spacial score (nSPS) is 18.1. The Kier molecular flexibility index (Phi) is 6.00. The van der Waals surface area contributed by atoms with E-state index in [1.807, 2.05) is 11.3 Å². The van der Waals surface area contributed by atoms with Crippen LogP contribution in [0.25, 0.3) is 0 Å². The molecule has 1 fully saturated rings. The summed E-state index contributed by atoms with van der Waals surface area (Å²) in [6.07, 6.45) is 2.68. The summed E-state index contributed by atoms with van der Waals surface area (Å²) in [7, 11) is 0. The minimum absolute atomic E-state index is 0.523. The van der Waals surface area contributed by atoms with Crippen LogP contribution in [-0.4, -0.2) is 29.5 Å². The quantitative estimate of drug-likeness (QED) is 0.869. The predicted octanol–water partition coefficient (Wildman–Crippen LogP) is 3.61. The second-order valence-electron chi connectivity index (χ2n) is 6.31. The van der Waals surface area contributed by atoms with Crippen LogP contribution < -0.4 is 5.32 Å². The number of hydrogen-bond acceptors (Lipinski definition) is 4. The Bertz CT molecular complexity index is 406. The highest BCUT2D eigenvalue weighted by molar-refractivity contribution is 7.11. The fourth-order valence-electron chi connectivity index (χ4n) is 2.71. The van der Waals surface area contributed by atoms with E-state index in [-0.39, 0.29) is 0 Å². The van der Waals surface area contributed by atoms with Gasteiger partial charge in [-0.25, -0.2) is 4.98 Å². The van der Waals surface area contributed by atoms with Crippen LogP contribution in [0.2, 0.25) is 0 Å². The van der Waals surface area contributed by atoms with E-state index in [2.05, 4.69) is 37.9 Å². The van der Waals surface area contributed by atoms with Gasteiger partial charge in [0.05, 0.1) is 12.2 Å². The SMILES string of the molecule is CCNCc1sc(CN2CCC(C)CC2)nc1C(C)C. The Morgan fingerprint density at radius 3 is 2.65 bits per heavy atom. The van der Waals surface area contributed by atoms with Crippen molar-refractivity contribution < 1.29 is 0 Å². The number of rotatable bonds is 6. The first-order valence-electron chi connectivity index (χ1n) is 8.01. The summed E-state index contributed by atoms with van der Waals surface area (Å²) in [5.74, 6) is 1.42. The third-order valence-electron chi connectivity index (χ3n) is 4.09. The van der Waals surface area contributed by atoms with Crippen LogP contribution in [0.1, 0.15) is 62.0 Å². The number of nitrogens with one attached hydrogen (secondary N) is 1. The van der Waals surface area contributed by atoms with Crippen molar-refractivity contribution in [3.63, 3.8) is 0 Å². The van der Waals surface area contributed by atoms with Crippen molar-refractivity contribution in [2.75, 3.05) is 19.6 Å². The van der Waals surface area contributed by atoms with E-state index < -0.39 is 0 Å². The van der Waals surface area contributed by atoms with Gasteiger partial charge in [0.1, 0.15) is 5.01 Å². The van der Waals surface area contributed by atoms with Crippen molar-refractivity contribution in [3.05, 3.63) is 15.6 Å². The highest BCUT2D eigenvalue weighted by atomic mass is 32.1. The minimum Gasteiger partial charge on any atom is -0.312 e. The minimum atomic E-state index is 0.523. The number of nitrogens with zero attached hydrogens (tertiary/aromatic N) is 2. The molecule has 2 heterocycles. The maximum atomic E-state index is 4.91. The fourth-order valence-corrected chi connectivity index (χ4v) is 3.95. The van der Waals surface area contributed by atoms with Gasteiger partial charge in [-0.05, 0) is 44.3 Å². The van der Waals surface area contributed by atoms with E-state index in [1.54, 1.807) is 0 Å². The van der Waals surface area contributed by atoms with Crippen LogP contribution in [0.15, 0.2) is 0 Å². The van der Waals surface area contributed by atoms with Crippen LogP contribution >= 0.6 is 11.3 Å². The summed E-state index contributed by atoms with van der Waals surface area (Å²) in [6, 6.07) is 0. The summed E-state index contributed by atoms with van der Waals surface area (Å²) >= 11 is 1.91. The van der Waals surface area contributed by atoms with Crippen molar-refractivity contribution in [2.24, 2.45) is 5.92 Å². The first kappa shape index (κ1) is 15.9. The monoisotopic (exact) mass is 295 g/mol. The molecule has 0 saturated carbocycles. The Hall–Kier alpha value is -0.450. The molecule has 0 radical (unpaired) electrons. The molecule has 3 nitrogen and oxygen atoms in total. The zero-order chi connectivity index (χ0) is 14.5. The fraction of sp³-hybridized carbons (Fsp3) is 0.812. The Morgan fingerprint density at radius 2 is 2.05 bits per heavy atom. The summed E-state index contributed by atoms with van der Waals surface area (Å²) in [5.41, 5.74) is 1.30. The van der Waals surface area contributed by atoms with E-state index in [0.29, 0.717) is 5.92 Å². The molecule has 20 heavy (non-hydrogen) atoms. The van der Waals surface area contributed by atoms with Crippen molar-refractivity contribution >= 4 is 11.3 Å². The van der Waals surface area contributed by atoms with Crippen LogP contribution in [0, 0.1) is 5.92 Å². The Morgan fingerprint density at radius 1 is 1.35 bits per heavy atom. The molecule has 0 unspecified atom stereocenters. The molecule has 1 aliphatic heterocycles. The van der Waals surface area contributed by atoms with Crippen molar-refractivity contribution in [2.45, 2.75) is 59.5 Å². The van der Waals surface area contributed by atoms with E-state index >= 15 is 0 Å². The Balaban J connectivity index is 2.00. The smallest absolute Gasteiger partial charge is 0.107 e. The van der Waals surface area contributed by atoms with Gasteiger partial charge in [-0.1, -0.05) is 27.7 Å². The molecule has 114 valence electrons. The predicted molar refractivity (Wildman–Crippen MR) is 87.3 cm³/mol. The van der Waals surface area contributed by atoms with E-state index in [9.17, 15) is 0 Å². The lowest BCUT2D eigenvalue weighted by atomic mass is 9.99. The average Bonchev–Trinajstić information content (AvgIpc) is 2.82. The third-order valence-corrected chi connectivity index (χ3v) is 5.15. The zero-order valence-electron chi connectivity index (χ0n) is 13.4. The van der Waals surface area contributed by atoms with Gasteiger partial charge in [-0.15, -0.1) is 11.3 Å². The van der Waals surface area contributed by atoms with Crippen LogP contribution in [0.3, 0.4) is 0 Å². The van der Waals surface area contributed by atoms with E-state index in [4.69, 9.17) is 4.98 Å². The number of aromatic nitrogens is 1. The number of piperidine rings is 1. The molecule has 1 aromatic heterocycles. The van der Waals surface area contributed by atoms with Crippen LogP contribution in [0.4, 0.5) is 0 Å². The lowest BCUT2D eigenvalue weighted by Gasteiger charge is -2.29. The lowest BCUT2D eigenvalue weighted by Crippen LogP contribution is -2.32. The third kappa shape index (κ3) is 4.27. The molecule has 1 N–H and O–H groups in total. The molecular weight excluding hydrogens is 266 g/mol. The molecule has 1 aliphatic rings. The molecule has 0 aromatic carbocycles. The van der Waals surface area contributed by atoms with Crippen LogP contribution in [-0.2, 0) is 13.1 Å². The van der Waals surface area contributed by atoms with Crippen molar-refractivity contribution in [1.29, 1.82) is 0 Å². The molecule has 0 aliphatic carbocycles. The highest BCUT2D eigenvalue weighted by Gasteiger charge is 2.19. The van der Waals surface area contributed by atoms with E-state index in [1.165, 1.54) is 41.5 Å². The number of likely N-dealkylation sites (tertiary alicyclic amines) is 1. The van der Waals surface area contributed by atoms with Gasteiger partial charge < -0.3 is 5.32 Å². The summed E-state index contributed by atoms with van der Waals surface area (Å²) in [4.78, 5) is 8.91. The van der Waals surface area contributed by atoms with Crippen molar-refractivity contribution in [3.8, 4) is 0 Å². The molecular formula is C16H29N3S. The highest BCUT2D eigenvalue weighted by Crippen LogP contribution is 2.27. The molecule has 0 atom stereocenters. The molecule has 1 aromatic rings. The van der Waals surface area contributed by atoms with E-state index in [0.717, 1.165) is 25.6 Å². The topological polar surface area (TPSA) is 28.2 Å². The largest absolute Gasteiger partial charge is 0.312 e. The Labute approximate surface area is 127 Å². The summed E-state index contributed by atoms with van der Waals surface area (Å²) in [5, 5.41) is 4.74. The second kappa shape index (κ2) is 7.53. The van der Waals surface area contributed by atoms with Gasteiger partial charge in [-0.2, -0.15) is 0 Å². The zero-order valence-corrected chi connectivity index (χ0v) is 14.2. The number of hydrogen-bond donors (Lipinski definition) is 1. The summed E-state index contributed by atoms with van der Waals surface area (Å²) in [6.45, 7) is 14.5. The van der Waals surface area contributed by atoms with Gasteiger partial charge in [0, 0.05) is 11.4 Å². The van der Waals surface area contributed by atoms with Crippen LogP contribution in [0.5, 0.6) is 0 Å². The molecule has 0 bridgehead atoms. The molecule has 4 heteroatoms. The molecule has 2 rings (SSSR count). The maximum absolute atomic E-state index is 4.91. The maximum Gasteiger partial charge on any atom is 0.107 e. The average molecular weight is 295 g/mol. The molecule has 1 saturated heterocycles. The van der Waals surface area contributed by atoms with Gasteiger partial charge in [0.25, 0.3) is 0 Å². The van der Waals surface area contributed by atoms with Crippen molar-refractivity contribution in [1.82, 2.24) is 15.2 Å². The lowest BCUT2D eigenvalue weighted by molar-refractivity contribution is 0.185. The standard InChI is InChI=1S/C16H29N3S/c1-5-17-10-14-16(12(2)3)18-15(20-14)11-19-8-6-13(4)7-9-19/h12-13,17H,5-11H2,1-4H3. The first-order valence-corrected chi connectivity index (χ1v) is 8.83. The molecule has 0 amide bonds. The number of thiazole rings is 1. The van der Waals surface area contributed by atoms with Gasteiger partial charge in [0.15, 0.2) is 0 Å². The second-order valence-corrected chi connectivity index (χ2v) is 7.48. The summed E-state index contributed by atoms with van der Waals surface area (Å²) < 4.78 is 0. The first-order chi connectivity index (χ1) is 9.60. The van der Waals surface area contributed by atoms with Gasteiger partial charge >= 0.3 is 0 Å².